The molecule has 0 aromatic rings. The van der Waals surface area contributed by atoms with Crippen LogP contribution in [-0.2, 0) is 0 Å². The van der Waals surface area contributed by atoms with Gasteiger partial charge in [0.25, 0.3) is 0 Å². The van der Waals surface area contributed by atoms with Crippen LogP contribution in [0.5, 0.6) is 0 Å². The van der Waals surface area contributed by atoms with Crippen LogP contribution in [0.2, 0.25) is 0 Å². The summed E-state index contributed by atoms with van der Waals surface area (Å²) >= 11 is 1.51. The number of hydrazine groups is 1. The average Bonchev–Trinajstić information content (AvgIpc) is 2.38. The highest BCUT2D eigenvalue weighted by molar-refractivity contribution is 8.13. The van der Waals surface area contributed by atoms with Crippen molar-refractivity contribution in [2.75, 3.05) is 6.26 Å². The number of amidine groups is 1. The number of rotatable bonds is 3. The SMILES string of the molecule is CSC(=NC(C)(C)C)NN/C(C)=C(/C)C=C(C#N)C#N. The molecule has 0 radical (unpaired) electrons. The zero-order valence-electron chi connectivity index (χ0n) is 12.8. The fourth-order valence-corrected chi connectivity index (χ4v) is 1.61. The van der Waals surface area contributed by atoms with E-state index in [9.17, 15) is 0 Å². The van der Waals surface area contributed by atoms with Crippen molar-refractivity contribution < 1.29 is 0 Å². The summed E-state index contributed by atoms with van der Waals surface area (Å²) < 4.78 is 0. The van der Waals surface area contributed by atoms with E-state index in [4.69, 9.17) is 10.5 Å². The Hall–Kier alpha value is -1.92. The van der Waals surface area contributed by atoms with Gasteiger partial charge in [0.1, 0.15) is 17.7 Å². The van der Waals surface area contributed by atoms with Gasteiger partial charge in [0.05, 0.1) is 5.54 Å². The van der Waals surface area contributed by atoms with Gasteiger partial charge in [0.15, 0.2) is 5.17 Å². The molecule has 5 nitrogen and oxygen atoms in total. The molecule has 6 heteroatoms. The molecule has 0 aliphatic rings. The van der Waals surface area contributed by atoms with E-state index in [-0.39, 0.29) is 11.1 Å². The number of aliphatic imine (C=N–C) groups is 1. The van der Waals surface area contributed by atoms with E-state index in [1.807, 2.05) is 53.0 Å². The molecule has 0 saturated heterocycles. The lowest BCUT2D eigenvalue weighted by molar-refractivity contribution is 0.579. The first-order valence-electron chi connectivity index (χ1n) is 6.08. The molecule has 0 heterocycles. The maximum atomic E-state index is 8.72. The third-order valence-electron chi connectivity index (χ3n) is 2.18. The van der Waals surface area contributed by atoms with E-state index in [2.05, 4.69) is 15.8 Å². The van der Waals surface area contributed by atoms with Gasteiger partial charge in [0.2, 0.25) is 0 Å². The van der Waals surface area contributed by atoms with E-state index in [0.717, 1.165) is 16.4 Å². The van der Waals surface area contributed by atoms with Crippen LogP contribution in [0.15, 0.2) is 27.9 Å². The molecule has 0 unspecified atom stereocenters. The molecule has 0 saturated carbocycles. The van der Waals surface area contributed by atoms with Crippen molar-refractivity contribution in [3.05, 3.63) is 22.9 Å². The second-order valence-corrected chi connectivity index (χ2v) is 5.93. The Morgan fingerprint density at radius 2 is 1.70 bits per heavy atom. The summed E-state index contributed by atoms with van der Waals surface area (Å²) in [6.07, 6.45) is 3.48. The van der Waals surface area contributed by atoms with E-state index < -0.39 is 0 Å². The first kappa shape index (κ1) is 18.1. The van der Waals surface area contributed by atoms with Crippen molar-refractivity contribution in [2.24, 2.45) is 4.99 Å². The average molecular weight is 291 g/mol. The molecule has 0 atom stereocenters. The van der Waals surface area contributed by atoms with Crippen molar-refractivity contribution in [1.29, 1.82) is 10.5 Å². The Bertz CT molecular complexity index is 493. The van der Waals surface area contributed by atoms with Gasteiger partial charge in [-0.1, -0.05) is 11.8 Å². The molecular formula is C14H21N5S. The number of nitriles is 2. The molecule has 0 aliphatic heterocycles. The molecule has 2 N–H and O–H groups in total. The Balaban J connectivity index is 4.90. The van der Waals surface area contributed by atoms with Gasteiger partial charge in [-0.25, -0.2) is 0 Å². The summed E-state index contributed by atoms with van der Waals surface area (Å²) in [7, 11) is 0. The fourth-order valence-electron chi connectivity index (χ4n) is 1.09. The number of thioether (sulfide) groups is 1. The molecule has 0 rings (SSSR count). The Kier molecular flexibility index (Phi) is 7.49. The Morgan fingerprint density at radius 3 is 2.10 bits per heavy atom. The highest BCUT2D eigenvalue weighted by atomic mass is 32.2. The molecule has 0 amide bonds. The lowest BCUT2D eigenvalue weighted by atomic mass is 10.1. The van der Waals surface area contributed by atoms with Crippen LogP contribution in [0.1, 0.15) is 34.6 Å². The van der Waals surface area contributed by atoms with Crippen LogP contribution in [0, 0.1) is 22.7 Å². The Morgan fingerprint density at radius 1 is 1.15 bits per heavy atom. The summed E-state index contributed by atoms with van der Waals surface area (Å²) in [4.78, 5) is 4.52. The van der Waals surface area contributed by atoms with Gasteiger partial charge in [-0.05, 0) is 52.5 Å². The number of nitrogens with one attached hydrogen (secondary N) is 2. The molecule has 0 fully saturated rings. The van der Waals surface area contributed by atoms with E-state index in [0.29, 0.717) is 0 Å². The minimum Gasteiger partial charge on any atom is -0.303 e. The minimum absolute atomic E-state index is 0.0806. The zero-order valence-corrected chi connectivity index (χ0v) is 13.6. The van der Waals surface area contributed by atoms with Gasteiger partial charge in [0, 0.05) is 5.70 Å². The number of hydrogen-bond acceptors (Lipinski definition) is 5. The second kappa shape index (κ2) is 8.29. The number of allylic oxidation sites excluding steroid dienone is 4. The standard InChI is InChI=1S/C14H21N5S/c1-10(7-12(8-15)9-16)11(2)18-19-13(20-6)17-14(3,4)5/h7,18H,1-6H3,(H,17,19)/b11-10-. The van der Waals surface area contributed by atoms with Gasteiger partial charge >= 0.3 is 0 Å². The Labute approximate surface area is 125 Å². The van der Waals surface area contributed by atoms with Crippen LogP contribution >= 0.6 is 11.8 Å². The largest absolute Gasteiger partial charge is 0.303 e. The molecule has 0 aromatic carbocycles. The molecule has 0 aliphatic carbocycles. The van der Waals surface area contributed by atoms with Crippen molar-refractivity contribution in [3.8, 4) is 12.1 Å². The molecule has 0 aromatic heterocycles. The van der Waals surface area contributed by atoms with E-state index >= 15 is 0 Å². The third-order valence-corrected chi connectivity index (χ3v) is 2.76. The van der Waals surface area contributed by atoms with E-state index in [1.54, 1.807) is 6.08 Å². The summed E-state index contributed by atoms with van der Waals surface area (Å²) in [6.45, 7) is 9.76. The zero-order chi connectivity index (χ0) is 15.8. The van der Waals surface area contributed by atoms with Crippen LogP contribution in [0.4, 0.5) is 0 Å². The van der Waals surface area contributed by atoms with Gasteiger partial charge in [-0.3, -0.25) is 10.4 Å². The van der Waals surface area contributed by atoms with Gasteiger partial charge < -0.3 is 5.43 Å². The normalized spacial score (nSPS) is 12.7. The van der Waals surface area contributed by atoms with Crippen LogP contribution in [-0.4, -0.2) is 17.0 Å². The maximum absolute atomic E-state index is 8.72. The monoisotopic (exact) mass is 291 g/mol. The van der Waals surface area contributed by atoms with E-state index in [1.165, 1.54) is 11.8 Å². The maximum Gasteiger partial charge on any atom is 0.175 e. The lowest BCUT2D eigenvalue weighted by Gasteiger charge is -2.17. The third kappa shape index (κ3) is 7.50. The quantitative estimate of drug-likeness (QED) is 0.275. The topological polar surface area (TPSA) is 84.0 Å². The van der Waals surface area contributed by atoms with Crippen LogP contribution in [0.3, 0.4) is 0 Å². The molecular weight excluding hydrogens is 270 g/mol. The number of nitrogens with zero attached hydrogens (tertiary/aromatic N) is 3. The smallest absolute Gasteiger partial charge is 0.175 e. The first-order valence-corrected chi connectivity index (χ1v) is 7.31. The predicted molar refractivity (Wildman–Crippen MR) is 84.7 cm³/mol. The fraction of sp³-hybridized carbons (Fsp3) is 0.500. The first-order chi connectivity index (χ1) is 9.23. The number of hydrogen-bond donors (Lipinski definition) is 2. The highest BCUT2D eigenvalue weighted by Crippen LogP contribution is 2.10. The highest BCUT2D eigenvalue weighted by Gasteiger charge is 2.09. The molecule has 108 valence electrons. The molecule has 0 spiro atoms. The predicted octanol–water partition coefficient (Wildman–Crippen LogP) is 2.87. The summed E-state index contributed by atoms with van der Waals surface area (Å²) in [6, 6.07) is 3.67. The summed E-state index contributed by atoms with van der Waals surface area (Å²) in [5.41, 5.74) is 7.61. The lowest BCUT2D eigenvalue weighted by Crippen LogP contribution is -2.36. The van der Waals surface area contributed by atoms with Crippen molar-refractivity contribution in [1.82, 2.24) is 10.9 Å². The van der Waals surface area contributed by atoms with Crippen molar-refractivity contribution >= 4 is 16.9 Å². The van der Waals surface area contributed by atoms with Gasteiger partial charge in [-0.15, -0.1) is 0 Å². The van der Waals surface area contributed by atoms with Crippen molar-refractivity contribution in [2.45, 2.75) is 40.2 Å². The second-order valence-electron chi connectivity index (χ2n) is 5.13. The van der Waals surface area contributed by atoms with Crippen LogP contribution < -0.4 is 10.9 Å². The summed E-state index contributed by atoms with van der Waals surface area (Å²) in [5.74, 6) is 0. The molecule has 0 bridgehead atoms. The van der Waals surface area contributed by atoms with Crippen LogP contribution in [0.25, 0.3) is 0 Å². The van der Waals surface area contributed by atoms with Gasteiger partial charge in [-0.2, -0.15) is 10.5 Å². The summed E-state index contributed by atoms with van der Waals surface area (Å²) in [5, 5.41) is 18.2. The minimum atomic E-state index is -0.158. The van der Waals surface area contributed by atoms with Crippen molar-refractivity contribution in [3.63, 3.8) is 0 Å². The molecule has 20 heavy (non-hydrogen) atoms.